The van der Waals surface area contributed by atoms with Gasteiger partial charge in [0, 0.05) is 22.8 Å². The third kappa shape index (κ3) is 4.78. The van der Waals surface area contributed by atoms with E-state index in [0.29, 0.717) is 35.1 Å². The zero-order chi connectivity index (χ0) is 21.0. The molecule has 2 amide bonds. The van der Waals surface area contributed by atoms with Gasteiger partial charge in [-0.2, -0.15) is 5.10 Å². The standard InChI is InChI=1S/C21H20Cl2N4O2/c1-3-24-20(28)14-8-6-9-16(11-14)25-21(29)18-13(2)26-27(19(18)23)12-15-7-4-5-10-17(15)22/h4-11H,3,12H2,1-2H3,(H,24,28)(H,25,29). The smallest absolute Gasteiger partial charge is 0.260 e. The Bertz CT molecular complexity index is 1060. The number of rotatable bonds is 6. The predicted octanol–water partition coefficient (Wildman–Crippen LogP) is 4.55. The molecule has 8 heteroatoms. The summed E-state index contributed by atoms with van der Waals surface area (Å²) in [6.45, 7) is 4.43. The Labute approximate surface area is 178 Å². The normalized spacial score (nSPS) is 10.6. The topological polar surface area (TPSA) is 76.0 Å². The summed E-state index contributed by atoms with van der Waals surface area (Å²) in [4.78, 5) is 24.8. The van der Waals surface area contributed by atoms with Gasteiger partial charge in [-0.1, -0.05) is 47.5 Å². The first kappa shape index (κ1) is 20.9. The fraction of sp³-hybridized carbons (Fsp3) is 0.190. The van der Waals surface area contributed by atoms with E-state index in [1.807, 2.05) is 25.1 Å². The average molecular weight is 431 g/mol. The highest BCUT2D eigenvalue weighted by atomic mass is 35.5. The zero-order valence-electron chi connectivity index (χ0n) is 16.0. The molecule has 3 aromatic rings. The van der Waals surface area contributed by atoms with E-state index in [4.69, 9.17) is 23.2 Å². The predicted molar refractivity (Wildman–Crippen MR) is 115 cm³/mol. The molecular formula is C21H20Cl2N4O2. The molecule has 0 fully saturated rings. The Morgan fingerprint density at radius 3 is 2.55 bits per heavy atom. The summed E-state index contributed by atoms with van der Waals surface area (Å²) in [5.41, 5.74) is 2.58. The van der Waals surface area contributed by atoms with E-state index in [9.17, 15) is 9.59 Å². The van der Waals surface area contributed by atoms with Gasteiger partial charge < -0.3 is 10.6 Å². The molecule has 1 heterocycles. The molecule has 0 spiro atoms. The molecule has 0 saturated heterocycles. The van der Waals surface area contributed by atoms with Crippen LogP contribution in [0.15, 0.2) is 48.5 Å². The molecule has 0 bridgehead atoms. The van der Waals surface area contributed by atoms with Crippen LogP contribution in [0.3, 0.4) is 0 Å². The molecule has 0 unspecified atom stereocenters. The van der Waals surface area contributed by atoms with E-state index in [-0.39, 0.29) is 16.6 Å². The molecule has 2 aromatic carbocycles. The molecule has 150 valence electrons. The van der Waals surface area contributed by atoms with Crippen molar-refractivity contribution < 1.29 is 9.59 Å². The molecule has 0 saturated carbocycles. The number of carbonyl (C=O) groups is 2. The molecule has 0 aliphatic heterocycles. The Morgan fingerprint density at radius 1 is 1.07 bits per heavy atom. The van der Waals surface area contributed by atoms with Gasteiger partial charge in [0.1, 0.15) is 5.15 Å². The molecule has 0 atom stereocenters. The molecule has 29 heavy (non-hydrogen) atoms. The Hall–Kier alpha value is -2.83. The number of halogens is 2. The Balaban J connectivity index is 1.82. The molecule has 0 aliphatic carbocycles. The third-order valence-electron chi connectivity index (χ3n) is 4.29. The van der Waals surface area contributed by atoms with Crippen LogP contribution in [0.2, 0.25) is 10.2 Å². The largest absolute Gasteiger partial charge is 0.352 e. The monoisotopic (exact) mass is 430 g/mol. The maximum Gasteiger partial charge on any atom is 0.260 e. The second-order valence-corrected chi connectivity index (χ2v) is 7.16. The van der Waals surface area contributed by atoms with Gasteiger partial charge in [0.15, 0.2) is 0 Å². The highest BCUT2D eigenvalue weighted by Crippen LogP contribution is 2.24. The summed E-state index contributed by atoms with van der Waals surface area (Å²) in [7, 11) is 0. The van der Waals surface area contributed by atoms with Gasteiger partial charge in [-0.15, -0.1) is 0 Å². The molecule has 0 radical (unpaired) electrons. The first-order chi connectivity index (χ1) is 13.9. The fourth-order valence-electron chi connectivity index (χ4n) is 2.90. The van der Waals surface area contributed by atoms with Crippen LogP contribution < -0.4 is 10.6 Å². The van der Waals surface area contributed by atoms with E-state index in [1.165, 1.54) is 4.68 Å². The highest BCUT2D eigenvalue weighted by Gasteiger charge is 2.21. The summed E-state index contributed by atoms with van der Waals surface area (Å²) < 4.78 is 1.54. The van der Waals surface area contributed by atoms with Crippen molar-refractivity contribution in [2.75, 3.05) is 11.9 Å². The van der Waals surface area contributed by atoms with Crippen LogP contribution in [0.4, 0.5) is 5.69 Å². The second-order valence-electron chi connectivity index (χ2n) is 6.39. The van der Waals surface area contributed by atoms with Gasteiger partial charge in [0.25, 0.3) is 11.8 Å². The number of aryl methyl sites for hydroxylation is 1. The minimum absolute atomic E-state index is 0.203. The lowest BCUT2D eigenvalue weighted by Gasteiger charge is -2.08. The molecule has 3 rings (SSSR count). The number of aromatic nitrogens is 2. The highest BCUT2D eigenvalue weighted by molar-refractivity contribution is 6.34. The number of amides is 2. The minimum Gasteiger partial charge on any atom is -0.352 e. The summed E-state index contributed by atoms with van der Waals surface area (Å²) in [6, 6.07) is 14.1. The molecule has 1 aromatic heterocycles. The fourth-order valence-corrected chi connectivity index (χ4v) is 3.41. The van der Waals surface area contributed by atoms with Crippen LogP contribution in [0.5, 0.6) is 0 Å². The number of hydrogen-bond donors (Lipinski definition) is 2. The van der Waals surface area contributed by atoms with E-state index >= 15 is 0 Å². The Morgan fingerprint density at radius 2 is 1.83 bits per heavy atom. The lowest BCUT2D eigenvalue weighted by atomic mass is 10.1. The second kappa shape index (κ2) is 9.11. The van der Waals surface area contributed by atoms with Crippen molar-refractivity contribution in [1.82, 2.24) is 15.1 Å². The van der Waals surface area contributed by atoms with Gasteiger partial charge in [-0.05, 0) is 43.7 Å². The van der Waals surface area contributed by atoms with Crippen LogP contribution in [0.25, 0.3) is 0 Å². The van der Waals surface area contributed by atoms with Crippen molar-refractivity contribution in [2.24, 2.45) is 0 Å². The van der Waals surface area contributed by atoms with Gasteiger partial charge in [0.05, 0.1) is 17.8 Å². The number of carbonyl (C=O) groups excluding carboxylic acids is 2. The van der Waals surface area contributed by atoms with E-state index in [2.05, 4.69) is 15.7 Å². The van der Waals surface area contributed by atoms with Crippen molar-refractivity contribution in [1.29, 1.82) is 0 Å². The van der Waals surface area contributed by atoms with Crippen LogP contribution in [0.1, 0.15) is 38.9 Å². The van der Waals surface area contributed by atoms with Crippen molar-refractivity contribution >= 4 is 40.7 Å². The van der Waals surface area contributed by atoms with Crippen molar-refractivity contribution in [3.05, 3.63) is 81.1 Å². The van der Waals surface area contributed by atoms with Gasteiger partial charge in [0.2, 0.25) is 0 Å². The number of anilines is 1. The van der Waals surface area contributed by atoms with Gasteiger partial charge in [-0.25, -0.2) is 4.68 Å². The maximum absolute atomic E-state index is 12.8. The van der Waals surface area contributed by atoms with Crippen molar-refractivity contribution in [2.45, 2.75) is 20.4 Å². The average Bonchev–Trinajstić information content (AvgIpc) is 2.97. The van der Waals surface area contributed by atoms with Gasteiger partial charge >= 0.3 is 0 Å². The number of nitrogens with one attached hydrogen (secondary N) is 2. The van der Waals surface area contributed by atoms with Crippen LogP contribution in [0, 0.1) is 6.92 Å². The molecular weight excluding hydrogens is 411 g/mol. The SMILES string of the molecule is CCNC(=O)c1cccc(NC(=O)c2c(C)nn(Cc3ccccc3Cl)c2Cl)c1. The quantitative estimate of drug-likeness (QED) is 0.602. The molecule has 6 nitrogen and oxygen atoms in total. The Kier molecular flexibility index (Phi) is 6.56. The van der Waals surface area contributed by atoms with Crippen LogP contribution in [-0.2, 0) is 6.54 Å². The maximum atomic E-state index is 12.8. The van der Waals surface area contributed by atoms with Gasteiger partial charge in [-0.3, -0.25) is 9.59 Å². The number of nitrogens with zero attached hydrogens (tertiary/aromatic N) is 2. The van der Waals surface area contributed by atoms with Crippen LogP contribution in [-0.4, -0.2) is 28.1 Å². The van der Waals surface area contributed by atoms with Crippen molar-refractivity contribution in [3.63, 3.8) is 0 Å². The summed E-state index contributed by atoms with van der Waals surface area (Å²) >= 11 is 12.7. The van der Waals surface area contributed by atoms with Crippen LogP contribution >= 0.6 is 23.2 Å². The third-order valence-corrected chi connectivity index (χ3v) is 5.04. The summed E-state index contributed by atoms with van der Waals surface area (Å²) in [5, 5.41) is 10.7. The number of benzene rings is 2. The molecule has 0 aliphatic rings. The van der Waals surface area contributed by atoms with Crippen molar-refractivity contribution in [3.8, 4) is 0 Å². The minimum atomic E-state index is -0.397. The zero-order valence-corrected chi connectivity index (χ0v) is 17.5. The molecule has 2 N–H and O–H groups in total. The first-order valence-corrected chi connectivity index (χ1v) is 9.82. The summed E-state index contributed by atoms with van der Waals surface area (Å²) in [6.07, 6.45) is 0. The van der Waals surface area contributed by atoms with E-state index in [1.54, 1.807) is 37.3 Å². The van der Waals surface area contributed by atoms with E-state index < -0.39 is 5.91 Å². The summed E-state index contributed by atoms with van der Waals surface area (Å²) in [5.74, 6) is -0.601. The lowest BCUT2D eigenvalue weighted by molar-refractivity contribution is 0.0954. The lowest BCUT2D eigenvalue weighted by Crippen LogP contribution is -2.22. The number of hydrogen-bond acceptors (Lipinski definition) is 3. The first-order valence-electron chi connectivity index (χ1n) is 9.06. The van der Waals surface area contributed by atoms with E-state index in [0.717, 1.165) is 5.56 Å².